The van der Waals surface area contributed by atoms with Gasteiger partial charge in [0, 0.05) is 6.04 Å². The van der Waals surface area contributed by atoms with Gasteiger partial charge in [-0.25, -0.2) is 0 Å². The van der Waals surface area contributed by atoms with Crippen LogP contribution in [0.15, 0.2) is 0 Å². The zero-order chi connectivity index (χ0) is 11.8. The first-order chi connectivity index (χ1) is 7.76. The molecular weight excluding hydrogens is 196 g/mol. The van der Waals surface area contributed by atoms with Crippen LogP contribution < -0.4 is 5.32 Å². The molecule has 1 saturated carbocycles. The summed E-state index contributed by atoms with van der Waals surface area (Å²) < 4.78 is 0. The molecule has 0 aliphatic heterocycles. The van der Waals surface area contributed by atoms with Crippen LogP contribution in [0.3, 0.4) is 0 Å². The molecule has 0 amide bonds. The molecule has 2 heteroatoms. The van der Waals surface area contributed by atoms with Gasteiger partial charge in [0.05, 0.1) is 0 Å². The van der Waals surface area contributed by atoms with E-state index in [4.69, 9.17) is 0 Å². The van der Waals surface area contributed by atoms with Crippen LogP contribution in [0.1, 0.15) is 52.9 Å². The molecule has 1 N–H and O–H groups in total. The lowest BCUT2D eigenvalue weighted by Crippen LogP contribution is -2.29. The fraction of sp³-hybridized carbons (Fsp3) is 1.00. The van der Waals surface area contributed by atoms with E-state index in [0.29, 0.717) is 0 Å². The Labute approximate surface area is 102 Å². The highest BCUT2D eigenvalue weighted by Gasteiger charge is 2.19. The predicted molar refractivity (Wildman–Crippen MR) is 71.8 cm³/mol. The number of unbranched alkanes of at least 4 members (excludes halogenated alkanes) is 1. The van der Waals surface area contributed by atoms with E-state index in [-0.39, 0.29) is 0 Å². The van der Waals surface area contributed by atoms with Gasteiger partial charge in [-0.05, 0) is 64.2 Å². The normalized spacial score (nSPS) is 25.5. The van der Waals surface area contributed by atoms with Crippen LogP contribution in [-0.4, -0.2) is 37.1 Å². The minimum Gasteiger partial charge on any atom is -0.314 e. The molecule has 1 rings (SSSR count). The van der Waals surface area contributed by atoms with Gasteiger partial charge in [0.1, 0.15) is 0 Å². The quantitative estimate of drug-likeness (QED) is 0.640. The second-order valence-electron chi connectivity index (χ2n) is 5.30. The first-order valence-electron chi connectivity index (χ1n) is 7.22. The lowest BCUT2D eigenvalue weighted by atomic mass is 10.1. The molecule has 2 nitrogen and oxygen atoms in total. The van der Waals surface area contributed by atoms with Gasteiger partial charge in [0.15, 0.2) is 0 Å². The highest BCUT2D eigenvalue weighted by molar-refractivity contribution is 4.77. The number of nitrogens with one attached hydrogen (secondary N) is 1. The lowest BCUT2D eigenvalue weighted by Gasteiger charge is -2.18. The molecule has 16 heavy (non-hydrogen) atoms. The fourth-order valence-electron chi connectivity index (χ4n) is 2.70. The maximum Gasteiger partial charge on any atom is 0.00696 e. The highest BCUT2D eigenvalue weighted by Crippen LogP contribution is 2.24. The molecular formula is C14H30N2. The zero-order valence-electron chi connectivity index (χ0n) is 11.5. The standard InChI is InChI=1S/C14H30N2/c1-4-16(5-2)11-7-6-10-15-14-9-8-13(3)12-14/h13-15H,4-12H2,1-3H3. The molecule has 0 aromatic rings. The molecule has 0 saturated heterocycles. The Morgan fingerprint density at radius 3 is 2.44 bits per heavy atom. The molecule has 1 aliphatic rings. The van der Waals surface area contributed by atoms with Crippen LogP contribution in [0, 0.1) is 5.92 Å². The molecule has 0 bridgehead atoms. The molecule has 1 fully saturated rings. The van der Waals surface area contributed by atoms with Crippen molar-refractivity contribution < 1.29 is 0 Å². The van der Waals surface area contributed by atoms with Crippen LogP contribution >= 0.6 is 0 Å². The Kier molecular flexibility index (Phi) is 7.06. The van der Waals surface area contributed by atoms with Crippen LogP contribution in [0.5, 0.6) is 0 Å². The molecule has 2 unspecified atom stereocenters. The van der Waals surface area contributed by atoms with Crippen molar-refractivity contribution >= 4 is 0 Å². The molecule has 2 atom stereocenters. The minimum absolute atomic E-state index is 0.823. The van der Waals surface area contributed by atoms with Crippen molar-refractivity contribution in [2.45, 2.75) is 58.9 Å². The summed E-state index contributed by atoms with van der Waals surface area (Å²) in [6.45, 7) is 11.8. The Balaban J connectivity index is 1.91. The molecule has 0 aromatic carbocycles. The summed E-state index contributed by atoms with van der Waals surface area (Å²) in [5.41, 5.74) is 0. The molecule has 1 aliphatic carbocycles. The Hall–Kier alpha value is -0.0800. The van der Waals surface area contributed by atoms with Gasteiger partial charge in [0.25, 0.3) is 0 Å². The second-order valence-corrected chi connectivity index (χ2v) is 5.30. The largest absolute Gasteiger partial charge is 0.314 e. The highest BCUT2D eigenvalue weighted by atomic mass is 15.1. The van der Waals surface area contributed by atoms with Crippen molar-refractivity contribution in [3.8, 4) is 0 Å². The number of hydrogen-bond acceptors (Lipinski definition) is 2. The predicted octanol–water partition coefficient (Wildman–Crippen LogP) is 2.89. The third-order valence-corrected chi connectivity index (χ3v) is 3.92. The third-order valence-electron chi connectivity index (χ3n) is 3.92. The summed E-state index contributed by atoms with van der Waals surface area (Å²) in [6, 6.07) is 0.823. The summed E-state index contributed by atoms with van der Waals surface area (Å²) in [4.78, 5) is 2.51. The van der Waals surface area contributed by atoms with Crippen molar-refractivity contribution in [2.24, 2.45) is 5.92 Å². The van der Waals surface area contributed by atoms with E-state index in [1.165, 1.54) is 58.3 Å². The lowest BCUT2D eigenvalue weighted by molar-refractivity contribution is 0.295. The maximum absolute atomic E-state index is 3.70. The van der Waals surface area contributed by atoms with Crippen molar-refractivity contribution in [1.29, 1.82) is 0 Å². The van der Waals surface area contributed by atoms with E-state index in [1.54, 1.807) is 0 Å². The first-order valence-corrected chi connectivity index (χ1v) is 7.22. The Morgan fingerprint density at radius 2 is 1.88 bits per heavy atom. The smallest absolute Gasteiger partial charge is 0.00696 e. The number of hydrogen-bond donors (Lipinski definition) is 1. The van der Waals surface area contributed by atoms with Crippen LogP contribution in [0.4, 0.5) is 0 Å². The van der Waals surface area contributed by atoms with E-state index in [1.807, 2.05) is 0 Å². The summed E-state index contributed by atoms with van der Waals surface area (Å²) >= 11 is 0. The van der Waals surface area contributed by atoms with E-state index < -0.39 is 0 Å². The number of nitrogens with zero attached hydrogens (tertiary/aromatic N) is 1. The van der Waals surface area contributed by atoms with E-state index in [9.17, 15) is 0 Å². The summed E-state index contributed by atoms with van der Waals surface area (Å²) in [5, 5.41) is 3.70. The van der Waals surface area contributed by atoms with Gasteiger partial charge in [-0.3, -0.25) is 0 Å². The Bertz CT molecular complexity index is 166. The van der Waals surface area contributed by atoms with Crippen LogP contribution in [-0.2, 0) is 0 Å². The maximum atomic E-state index is 3.70. The van der Waals surface area contributed by atoms with Gasteiger partial charge in [-0.1, -0.05) is 20.8 Å². The average molecular weight is 226 g/mol. The van der Waals surface area contributed by atoms with Gasteiger partial charge < -0.3 is 10.2 Å². The SMILES string of the molecule is CCN(CC)CCCCNC1CCC(C)C1. The summed E-state index contributed by atoms with van der Waals surface area (Å²) in [7, 11) is 0. The molecule has 96 valence electrons. The minimum atomic E-state index is 0.823. The van der Waals surface area contributed by atoms with Gasteiger partial charge in [-0.15, -0.1) is 0 Å². The first kappa shape index (κ1) is 14.0. The van der Waals surface area contributed by atoms with E-state index >= 15 is 0 Å². The van der Waals surface area contributed by atoms with Crippen molar-refractivity contribution in [3.05, 3.63) is 0 Å². The molecule has 0 heterocycles. The van der Waals surface area contributed by atoms with Gasteiger partial charge in [-0.2, -0.15) is 0 Å². The van der Waals surface area contributed by atoms with Crippen molar-refractivity contribution in [3.63, 3.8) is 0 Å². The fourth-order valence-corrected chi connectivity index (χ4v) is 2.70. The zero-order valence-corrected chi connectivity index (χ0v) is 11.5. The van der Waals surface area contributed by atoms with Gasteiger partial charge in [0.2, 0.25) is 0 Å². The van der Waals surface area contributed by atoms with Crippen molar-refractivity contribution in [1.82, 2.24) is 10.2 Å². The van der Waals surface area contributed by atoms with Crippen LogP contribution in [0.2, 0.25) is 0 Å². The average Bonchev–Trinajstić information content (AvgIpc) is 2.70. The van der Waals surface area contributed by atoms with Crippen LogP contribution in [0.25, 0.3) is 0 Å². The number of rotatable bonds is 8. The third kappa shape index (κ3) is 5.31. The Morgan fingerprint density at radius 1 is 1.12 bits per heavy atom. The summed E-state index contributed by atoms with van der Waals surface area (Å²) in [5.74, 6) is 0.952. The van der Waals surface area contributed by atoms with E-state index in [0.717, 1.165) is 12.0 Å². The molecule has 0 radical (unpaired) electrons. The van der Waals surface area contributed by atoms with E-state index in [2.05, 4.69) is 31.0 Å². The second kappa shape index (κ2) is 8.08. The molecule has 0 aromatic heterocycles. The van der Waals surface area contributed by atoms with Crippen molar-refractivity contribution in [2.75, 3.05) is 26.2 Å². The summed E-state index contributed by atoms with van der Waals surface area (Å²) in [6.07, 6.45) is 6.91. The molecule has 0 spiro atoms. The monoisotopic (exact) mass is 226 g/mol. The topological polar surface area (TPSA) is 15.3 Å². The van der Waals surface area contributed by atoms with Gasteiger partial charge >= 0.3 is 0 Å².